The maximum Gasteiger partial charge on any atom is 0.318 e. The second-order valence-corrected chi connectivity index (χ2v) is 8.65. The Bertz CT molecular complexity index is 898. The van der Waals surface area contributed by atoms with Crippen LogP contribution >= 0.6 is 0 Å². The van der Waals surface area contributed by atoms with Crippen LogP contribution in [-0.2, 0) is 11.2 Å². The largest absolute Gasteiger partial charge is 0.497 e. The first-order chi connectivity index (χ1) is 14.1. The Morgan fingerprint density at radius 1 is 1.24 bits per heavy atom. The molecule has 7 nitrogen and oxygen atoms in total. The van der Waals surface area contributed by atoms with E-state index in [1.807, 2.05) is 19.1 Å². The number of amides is 1. The molecule has 0 unspecified atom stereocenters. The molecule has 2 aromatic rings. The van der Waals surface area contributed by atoms with Crippen molar-refractivity contribution in [3.8, 4) is 5.75 Å². The van der Waals surface area contributed by atoms with Crippen LogP contribution in [0.2, 0.25) is 0 Å². The number of rotatable bonds is 4. The molecule has 3 saturated heterocycles. The molecule has 4 atom stereocenters. The molecule has 7 heteroatoms. The highest BCUT2D eigenvalue weighted by Gasteiger charge is 2.49. The van der Waals surface area contributed by atoms with Crippen LogP contribution in [0.3, 0.4) is 0 Å². The van der Waals surface area contributed by atoms with Gasteiger partial charge >= 0.3 is 6.01 Å². The van der Waals surface area contributed by atoms with Gasteiger partial charge in [-0.05, 0) is 55.2 Å². The number of nitrogens with zero attached hydrogens (tertiary/aromatic N) is 4. The lowest BCUT2D eigenvalue weighted by Gasteiger charge is -2.56. The van der Waals surface area contributed by atoms with Gasteiger partial charge in [0.1, 0.15) is 5.75 Å². The monoisotopic (exact) mass is 396 g/mol. The number of hydrogen-bond acceptors (Lipinski definition) is 6. The number of aryl methyl sites for hydroxylation is 1. The highest BCUT2D eigenvalue weighted by molar-refractivity contribution is 5.78. The summed E-state index contributed by atoms with van der Waals surface area (Å²) in [6.07, 6.45) is 4.78. The molecule has 1 amide bonds. The van der Waals surface area contributed by atoms with Gasteiger partial charge in [-0.15, -0.1) is 5.10 Å². The zero-order valence-electron chi connectivity index (χ0n) is 17.1. The van der Waals surface area contributed by atoms with E-state index in [0.29, 0.717) is 42.1 Å². The number of anilines is 1. The minimum atomic E-state index is 0.197. The van der Waals surface area contributed by atoms with E-state index in [1.54, 1.807) is 7.11 Å². The van der Waals surface area contributed by atoms with E-state index < -0.39 is 0 Å². The van der Waals surface area contributed by atoms with Crippen molar-refractivity contribution in [2.24, 2.45) is 11.8 Å². The van der Waals surface area contributed by atoms with Gasteiger partial charge in [0, 0.05) is 38.5 Å². The standard InChI is InChI=1S/C22H28N4O3/c1-14-23-24-22(29-14)25-12-16-11-17(13-25)20(26-19(16)7-4-8-21(26)27)10-15-5-3-6-18(9-15)28-2/h3,5-6,9,16-17,19-20H,4,7-8,10-13H2,1-2H3/t16-,17+,19+,20+/m1/s1. The number of carbonyl (C=O) groups excluding carboxylic acids is 1. The fraction of sp³-hybridized carbons (Fsp3) is 0.591. The molecule has 29 heavy (non-hydrogen) atoms. The predicted octanol–water partition coefficient (Wildman–Crippen LogP) is 2.84. The van der Waals surface area contributed by atoms with E-state index in [4.69, 9.17) is 9.15 Å². The fourth-order valence-electron chi connectivity index (χ4n) is 5.65. The second-order valence-electron chi connectivity index (χ2n) is 8.65. The molecule has 0 saturated carbocycles. The van der Waals surface area contributed by atoms with Gasteiger partial charge in [-0.1, -0.05) is 17.2 Å². The van der Waals surface area contributed by atoms with E-state index >= 15 is 0 Å². The van der Waals surface area contributed by atoms with Gasteiger partial charge in [0.05, 0.1) is 7.11 Å². The molecule has 0 radical (unpaired) electrons. The van der Waals surface area contributed by atoms with Gasteiger partial charge in [-0.2, -0.15) is 0 Å². The van der Waals surface area contributed by atoms with Crippen LogP contribution < -0.4 is 9.64 Å². The van der Waals surface area contributed by atoms with Crippen LogP contribution in [0, 0.1) is 18.8 Å². The lowest BCUT2D eigenvalue weighted by molar-refractivity contribution is -0.148. The van der Waals surface area contributed by atoms with Crippen LogP contribution in [0.25, 0.3) is 0 Å². The third-order valence-electron chi connectivity index (χ3n) is 6.86. The highest BCUT2D eigenvalue weighted by Crippen LogP contribution is 2.43. The predicted molar refractivity (Wildman–Crippen MR) is 108 cm³/mol. The average molecular weight is 396 g/mol. The van der Waals surface area contributed by atoms with Crippen molar-refractivity contribution in [2.45, 2.75) is 51.1 Å². The molecular weight excluding hydrogens is 368 g/mol. The van der Waals surface area contributed by atoms with E-state index in [0.717, 1.165) is 44.5 Å². The van der Waals surface area contributed by atoms with Crippen molar-refractivity contribution in [3.63, 3.8) is 0 Å². The summed E-state index contributed by atoms with van der Waals surface area (Å²) in [6, 6.07) is 9.36. The Kier molecular flexibility index (Phi) is 4.68. The van der Waals surface area contributed by atoms with E-state index in [2.05, 4.69) is 32.1 Å². The van der Waals surface area contributed by atoms with Crippen LogP contribution in [0.1, 0.15) is 37.1 Å². The summed E-state index contributed by atoms with van der Waals surface area (Å²) in [5, 5.41) is 8.28. The molecule has 5 rings (SSSR count). The molecule has 3 aliphatic heterocycles. The Labute approximate surface area is 171 Å². The topological polar surface area (TPSA) is 71.7 Å². The lowest BCUT2D eigenvalue weighted by Crippen LogP contribution is -2.65. The lowest BCUT2D eigenvalue weighted by atomic mass is 9.71. The van der Waals surface area contributed by atoms with Crippen molar-refractivity contribution in [3.05, 3.63) is 35.7 Å². The number of piperidine rings is 3. The van der Waals surface area contributed by atoms with Crippen LogP contribution in [0.5, 0.6) is 5.75 Å². The molecule has 0 aliphatic carbocycles. The van der Waals surface area contributed by atoms with E-state index in [1.165, 1.54) is 5.56 Å². The van der Waals surface area contributed by atoms with Crippen molar-refractivity contribution in [2.75, 3.05) is 25.1 Å². The second kappa shape index (κ2) is 7.35. The van der Waals surface area contributed by atoms with Gasteiger partial charge in [0.2, 0.25) is 11.8 Å². The number of hydrogen-bond donors (Lipinski definition) is 0. The Hall–Kier alpha value is -2.57. The molecule has 154 valence electrons. The number of ether oxygens (including phenoxy) is 1. The summed E-state index contributed by atoms with van der Waals surface area (Å²) in [5.41, 5.74) is 1.22. The number of carbonyl (C=O) groups is 1. The summed E-state index contributed by atoms with van der Waals surface area (Å²) in [6.45, 7) is 3.57. The van der Waals surface area contributed by atoms with E-state index in [9.17, 15) is 4.79 Å². The van der Waals surface area contributed by atoms with Gasteiger partial charge in [0.25, 0.3) is 0 Å². The molecule has 1 aromatic carbocycles. The van der Waals surface area contributed by atoms with Gasteiger partial charge < -0.3 is 19.0 Å². The first-order valence-electron chi connectivity index (χ1n) is 10.6. The number of fused-ring (bicyclic) bond motifs is 4. The molecule has 2 bridgehead atoms. The summed E-state index contributed by atoms with van der Waals surface area (Å²) in [5.74, 6) is 2.64. The normalized spacial score (nSPS) is 29.0. The molecule has 3 fully saturated rings. The zero-order chi connectivity index (χ0) is 20.0. The Morgan fingerprint density at radius 2 is 2.10 bits per heavy atom. The maximum absolute atomic E-state index is 13.0. The SMILES string of the molecule is COc1cccc(C[C@H]2[C@H]3C[C@H](CN(c4nnc(C)o4)C3)[C@@H]3CCCC(=O)N32)c1. The summed E-state index contributed by atoms with van der Waals surface area (Å²) < 4.78 is 11.1. The van der Waals surface area contributed by atoms with Gasteiger partial charge in [0.15, 0.2) is 0 Å². The van der Waals surface area contributed by atoms with Crippen molar-refractivity contribution in [1.82, 2.24) is 15.1 Å². The van der Waals surface area contributed by atoms with Crippen molar-refractivity contribution < 1.29 is 13.9 Å². The van der Waals surface area contributed by atoms with E-state index in [-0.39, 0.29) is 6.04 Å². The summed E-state index contributed by atoms with van der Waals surface area (Å²) >= 11 is 0. The molecule has 0 N–H and O–H groups in total. The fourth-order valence-corrected chi connectivity index (χ4v) is 5.65. The smallest absolute Gasteiger partial charge is 0.318 e. The summed E-state index contributed by atoms with van der Waals surface area (Å²) in [4.78, 5) is 17.5. The number of benzene rings is 1. The van der Waals surface area contributed by atoms with Crippen molar-refractivity contribution >= 4 is 11.9 Å². The van der Waals surface area contributed by atoms with Crippen LogP contribution in [0.4, 0.5) is 6.01 Å². The van der Waals surface area contributed by atoms with Gasteiger partial charge in [-0.25, -0.2) is 0 Å². The number of aromatic nitrogens is 2. The number of methoxy groups -OCH3 is 1. The van der Waals surface area contributed by atoms with Crippen LogP contribution in [0.15, 0.2) is 28.7 Å². The maximum atomic E-state index is 13.0. The average Bonchev–Trinajstić information content (AvgIpc) is 3.18. The Balaban J connectivity index is 1.46. The molecule has 1 aromatic heterocycles. The highest BCUT2D eigenvalue weighted by atomic mass is 16.5. The minimum absolute atomic E-state index is 0.197. The summed E-state index contributed by atoms with van der Waals surface area (Å²) in [7, 11) is 1.69. The van der Waals surface area contributed by atoms with Crippen LogP contribution in [-0.4, -0.2) is 53.3 Å². The molecular formula is C22H28N4O3. The first-order valence-corrected chi connectivity index (χ1v) is 10.6. The quantitative estimate of drug-likeness (QED) is 0.791. The van der Waals surface area contributed by atoms with Gasteiger partial charge in [-0.3, -0.25) is 4.79 Å². The molecule has 3 aliphatic rings. The third-order valence-corrected chi connectivity index (χ3v) is 6.86. The van der Waals surface area contributed by atoms with Crippen molar-refractivity contribution in [1.29, 1.82) is 0 Å². The third kappa shape index (κ3) is 3.36. The first kappa shape index (κ1) is 18.5. The minimum Gasteiger partial charge on any atom is -0.497 e. The molecule has 4 heterocycles. The zero-order valence-corrected chi connectivity index (χ0v) is 17.1. The molecule has 0 spiro atoms. The Morgan fingerprint density at radius 3 is 2.90 bits per heavy atom.